The highest BCUT2D eigenvalue weighted by molar-refractivity contribution is 9.10. The summed E-state index contributed by atoms with van der Waals surface area (Å²) in [7, 11) is 0. The van der Waals surface area contributed by atoms with Gasteiger partial charge in [0.15, 0.2) is 0 Å². The van der Waals surface area contributed by atoms with Crippen molar-refractivity contribution in [3.63, 3.8) is 0 Å². The molecule has 0 radical (unpaired) electrons. The average molecular weight is 235 g/mol. The lowest BCUT2D eigenvalue weighted by atomic mass is 10.2. The molecule has 1 rings (SSSR count). The zero-order valence-corrected chi connectivity index (χ0v) is 8.71. The van der Waals surface area contributed by atoms with Crippen molar-refractivity contribution in [2.45, 2.75) is 19.4 Å². The lowest BCUT2D eigenvalue weighted by Gasteiger charge is -2.06. The van der Waals surface area contributed by atoms with E-state index in [1.807, 2.05) is 0 Å². The number of thiophene rings is 1. The summed E-state index contributed by atoms with van der Waals surface area (Å²) in [4.78, 5) is 1.35. The van der Waals surface area contributed by atoms with Crippen LogP contribution in [0.4, 0.5) is 0 Å². The van der Waals surface area contributed by atoms with Crippen LogP contribution in [0.25, 0.3) is 0 Å². The number of nitrogens with two attached hydrogens (primary N) is 1. The van der Waals surface area contributed by atoms with Gasteiger partial charge in [0.2, 0.25) is 0 Å². The van der Waals surface area contributed by atoms with Crippen LogP contribution in [0.15, 0.2) is 15.9 Å². The van der Waals surface area contributed by atoms with E-state index in [0.717, 1.165) is 10.9 Å². The highest BCUT2D eigenvalue weighted by atomic mass is 79.9. The van der Waals surface area contributed by atoms with E-state index in [-0.39, 0.29) is 0 Å². The van der Waals surface area contributed by atoms with Gasteiger partial charge in [0.25, 0.3) is 0 Å². The highest BCUT2D eigenvalue weighted by Crippen LogP contribution is 2.20. The Balaban J connectivity index is 2.50. The molecule has 2 nitrogen and oxygen atoms in total. The number of hydrogen-bond acceptors (Lipinski definition) is 3. The number of hydrazine groups is 1. The lowest BCUT2D eigenvalue weighted by Crippen LogP contribution is -2.33. The second-order valence-electron chi connectivity index (χ2n) is 2.50. The van der Waals surface area contributed by atoms with E-state index in [2.05, 4.69) is 39.7 Å². The van der Waals surface area contributed by atoms with E-state index >= 15 is 0 Å². The smallest absolute Gasteiger partial charge is 0.0285 e. The van der Waals surface area contributed by atoms with E-state index in [0.29, 0.717) is 6.04 Å². The minimum atomic E-state index is 0.348. The van der Waals surface area contributed by atoms with Gasteiger partial charge in [-0.25, -0.2) is 0 Å². The van der Waals surface area contributed by atoms with Crippen molar-refractivity contribution in [1.29, 1.82) is 0 Å². The van der Waals surface area contributed by atoms with Crippen molar-refractivity contribution >= 4 is 27.3 Å². The number of nitrogens with one attached hydrogen (secondary N) is 1. The molecule has 1 aromatic heterocycles. The van der Waals surface area contributed by atoms with Crippen LogP contribution in [0.5, 0.6) is 0 Å². The third kappa shape index (κ3) is 2.91. The van der Waals surface area contributed by atoms with Crippen molar-refractivity contribution in [1.82, 2.24) is 5.43 Å². The molecule has 0 amide bonds. The van der Waals surface area contributed by atoms with Crippen LogP contribution >= 0.6 is 27.3 Å². The third-order valence-electron chi connectivity index (χ3n) is 1.41. The van der Waals surface area contributed by atoms with Crippen LogP contribution in [0.2, 0.25) is 0 Å². The van der Waals surface area contributed by atoms with Crippen molar-refractivity contribution in [3.8, 4) is 0 Å². The van der Waals surface area contributed by atoms with E-state index in [1.54, 1.807) is 11.3 Å². The van der Waals surface area contributed by atoms with Crippen LogP contribution in [0.3, 0.4) is 0 Å². The summed E-state index contributed by atoms with van der Waals surface area (Å²) in [5, 5.41) is 2.08. The summed E-state index contributed by atoms with van der Waals surface area (Å²) in [5.74, 6) is 5.27. The van der Waals surface area contributed by atoms with Gasteiger partial charge in [-0.1, -0.05) is 0 Å². The van der Waals surface area contributed by atoms with Crippen LogP contribution in [0.1, 0.15) is 11.8 Å². The molecule has 3 N–H and O–H groups in total. The molecule has 1 unspecified atom stereocenters. The van der Waals surface area contributed by atoms with Crippen LogP contribution in [0, 0.1) is 0 Å². The zero-order chi connectivity index (χ0) is 8.27. The van der Waals surface area contributed by atoms with Crippen LogP contribution in [-0.2, 0) is 6.42 Å². The van der Waals surface area contributed by atoms with Crippen molar-refractivity contribution < 1.29 is 0 Å². The van der Waals surface area contributed by atoms with Crippen molar-refractivity contribution in [2.75, 3.05) is 0 Å². The Morgan fingerprint density at radius 2 is 2.55 bits per heavy atom. The molecule has 0 saturated carbocycles. The number of hydrogen-bond donors (Lipinski definition) is 2. The Bertz CT molecular complexity index is 224. The normalized spacial score (nSPS) is 13.4. The molecule has 0 aliphatic rings. The monoisotopic (exact) mass is 234 g/mol. The zero-order valence-electron chi connectivity index (χ0n) is 6.30. The summed E-state index contributed by atoms with van der Waals surface area (Å²) in [6.07, 6.45) is 0.993. The summed E-state index contributed by atoms with van der Waals surface area (Å²) >= 11 is 5.15. The van der Waals surface area contributed by atoms with E-state index in [1.165, 1.54) is 4.88 Å². The van der Waals surface area contributed by atoms with E-state index in [4.69, 9.17) is 5.84 Å². The first-order valence-corrected chi connectivity index (χ1v) is 5.08. The molecule has 0 bridgehead atoms. The second kappa shape index (κ2) is 4.21. The van der Waals surface area contributed by atoms with Crippen molar-refractivity contribution in [3.05, 3.63) is 20.8 Å². The largest absolute Gasteiger partial charge is 0.271 e. The van der Waals surface area contributed by atoms with Crippen LogP contribution in [-0.4, -0.2) is 6.04 Å². The van der Waals surface area contributed by atoms with Gasteiger partial charge < -0.3 is 0 Å². The fourth-order valence-electron chi connectivity index (χ4n) is 0.822. The highest BCUT2D eigenvalue weighted by Gasteiger charge is 2.02. The first kappa shape index (κ1) is 9.19. The molecular formula is C7H11BrN2S. The molecule has 1 heterocycles. The van der Waals surface area contributed by atoms with Gasteiger partial charge >= 0.3 is 0 Å². The lowest BCUT2D eigenvalue weighted by molar-refractivity contribution is 0.571. The fourth-order valence-corrected chi connectivity index (χ4v) is 2.40. The maximum Gasteiger partial charge on any atom is 0.0285 e. The molecule has 0 fully saturated rings. The maximum atomic E-state index is 5.27. The molecular weight excluding hydrogens is 224 g/mol. The molecule has 11 heavy (non-hydrogen) atoms. The molecule has 62 valence electrons. The van der Waals surface area contributed by atoms with Gasteiger partial charge in [-0.15, -0.1) is 11.3 Å². The molecule has 1 atom stereocenters. The summed E-state index contributed by atoms with van der Waals surface area (Å²) in [6, 6.07) is 2.47. The van der Waals surface area contributed by atoms with Crippen LogP contribution < -0.4 is 11.3 Å². The SMILES string of the molecule is CC(Cc1cc(Br)cs1)NN. The number of rotatable bonds is 3. The molecule has 1 aromatic rings. The predicted molar refractivity (Wildman–Crippen MR) is 52.5 cm³/mol. The Labute approximate surface area is 78.9 Å². The molecule has 0 aliphatic carbocycles. The van der Waals surface area contributed by atoms with Gasteiger partial charge in [-0.05, 0) is 35.3 Å². The Morgan fingerprint density at radius 3 is 3.00 bits per heavy atom. The predicted octanol–water partition coefficient (Wildman–Crippen LogP) is 1.90. The Kier molecular flexibility index (Phi) is 3.51. The van der Waals surface area contributed by atoms with Gasteiger partial charge in [0.05, 0.1) is 0 Å². The average Bonchev–Trinajstić information content (AvgIpc) is 2.35. The quantitative estimate of drug-likeness (QED) is 0.620. The van der Waals surface area contributed by atoms with Gasteiger partial charge in [-0.2, -0.15) is 0 Å². The molecule has 0 spiro atoms. The molecule has 4 heteroatoms. The standard InChI is InChI=1S/C7H11BrN2S/c1-5(10-9)2-7-3-6(8)4-11-7/h3-5,10H,2,9H2,1H3. The molecule has 0 saturated heterocycles. The summed E-state index contributed by atoms with van der Waals surface area (Å²) < 4.78 is 1.15. The van der Waals surface area contributed by atoms with E-state index in [9.17, 15) is 0 Å². The van der Waals surface area contributed by atoms with Gasteiger partial charge in [0, 0.05) is 20.8 Å². The van der Waals surface area contributed by atoms with Crippen molar-refractivity contribution in [2.24, 2.45) is 5.84 Å². The second-order valence-corrected chi connectivity index (χ2v) is 4.41. The van der Waals surface area contributed by atoms with E-state index < -0.39 is 0 Å². The summed E-state index contributed by atoms with van der Waals surface area (Å²) in [5.41, 5.74) is 2.71. The Hall–Kier alpha value is 0.1000. The summed E-state index contributed by atoms with van der Waals surface area (Å²) in [6.45, 7) is 2.06. The maximum absolute atomic E-state index is 5.27. The van der Waals surface area contributed by atoms with Gasteiger partial charge in [0.1, 0.15) is 0 Å². The van der Waals surface area contributed by atoms with Gasteiger partial charge in [-0.3, -0.25) is 11.3 Å². The fraction of sp³-hybridized carbons (Fsp3) is 0.429. The first-order valence-electron chi connectivity index (χ1n) is 3.41. The molecule has 0 aliphatic heterocycles. The first-order chi connectivity index (χ1) is 5.22. The Morgan fingerprint density at radius 1 is 1.82 bits per heavy atom. The minimum Gasteiger partial charge on any atom is -0.271 e. The minimum absolute atomic E-state index is 0.348. The number of halogens is 1. The third-order valence-corrected chi connectivity index (χ3v) is 3.13. The molecule has 0 aromatic carbocycles. The topological polar surface area (TPSA) is 38.0 Å².